The number of hydrogen-bond acceptors (Lipinski definition) is 5. The Morgan fingerprint density at radius 2 is 1.90 bits per heavy atom. The van der Waals surface area contributed by atoms with E-state index in [-0.39, 0.29) is 5.75 Å². The van der Waals surface area contributed by atoms with Crippen LogP contribution in [0.1, 0.15) is 13.3 Å². The van der Waals surface area contributed by atoms with Crippen LogP contribution in [-0.4, -0.2) is 47.6 Å². The quantitative estimate of drug-likeness (QED) is 0.669. The zero-order valence-corrected chi connectivity index (χ0v) is 12.9. The Kier molecular flexibility index (Phi) is 7.58. The standard InChI is InChI=1S/C14H23NO4S/c1-3-20(16,17)14-8-5-4-7-13(14)15-9-6-10-19-12-11-18-2/h4-5,7-8,15H,3,6,9-12H2,1-2H3. The molecule has 0 radical (unpaired) electrons. The van der Waals surface area contributed by atoms with Crippen LogP contribution in [-0.2, 0) is 19.3 Å². The fraction of sp³-hybridized carbons (Fsp3) is 0.571. The van der Waals surface area contributed by atoms with E-state index in [0.717, 1.165) is 6.42 Å². The fourth-order valence-electron chi connectivity index (χ4n) is 1.68. The molecule has 0 amide bonds. The lowest BCUT2D eigenvalue weighted by molar-refractivity contribution is 0.0705. The van der Waals surface area contributed by atoms with Gasteiger partial charge in [-0.2, -0.15) is 0 Å². The van der Waals surface area contributed by atoms with Gasteiger partial charge < -0.3 is 14.8 Å². The van der Waals surface area contributed by atoms with Crippen molar-refractivity contribution < 1.29 is 17.9 Å². The molecule has 0 spiro atoms. The van der Waals surface area contributed by atoms with Gasteiger partial charge in [0.25, 0.3) is 0 Å². The highest BCUT2D eigenvalue weighted by molar-refractivity contribution is 7.91. The van der Waals surface area contributed by atoms with Crippen molar-refractivity contribution in [3.63, 3.8) is 0 Å². The summed E-state index contributed by atoms with van der Waals surface area (Å²) in [6.07, 6.45) is 0.810. The largest absolute Gasteiger partial charge is 0.384 e. The van der Waals surface area contributed by atoms with Crippen LogP contribution in [0.3, 0.4) is 0 Å². The molecule has 0 unspecified atom stereocenters. The number of nitrogens with one attached hydrogen (secondary N) is 1. The number of methoxy groups -OCH3 is 1. The maximum Gasteiger partial charge on any atom is 0.180 e. The summed E-state index contributed by atoms with van der Waals surface area (Å²) in [5, 5.41) is 3.15. The highest BCUT2D eigenvalue weighted by atomic mass is 32.2. The maximum atomic E-state index is 12.0. The van der Waals surface area contributed by atoms with Crippen molar-refractivity contribution in [1.82, 2.24) is 0 Å². The van der Waals surface area contributed by atoms with Gasteiger partial charge in [0.05, 0.1) is 29.5 Å². The number of para-hydroxylation sites is 1. The molecule has 0 aromatic heterocycles. The molecule has 6 heteroatoms. The normalized spacial score (nSPS) is 11.5. The van der Waals surface area contributed by atoms with Gasteiger partial charge in [-0.15, -0.1) is 0 Å². The van der Waals surface area contributed by atoms with Crippen molar-refractivity contribution in [1.29, 1.82) is 0 Å². The minimum atomic E-state index is -3.19. The summed E-state index contributed by atoms with van der Waals surface area (Å²) in [5.41, 5.74) is 0.659. The Labute approximate surface area is 121 Å². The van der Waals surface area contributed by atoms with Crippen LogP contribution >= 0.6 is 0 Å². The molecule has 0 atom stereocenters. The van der Waals surface area contributed by atoms with Crippen molar-refractivity contribution in [2.45, 2.75) is 18.2 Å². The van der Waals surface area contributed by atoms with E-state index in [1.54, 1.807) is 32.2 Å². The second kappa shape index (κ2) is 8.94. The zero-order chi connectivity index (χ0) is 14.8. The minimum Gasteiger partial charge on any atom is -0.384 e. The second-order valence-corrected chi connectivity index (χ2v) is 6.53. The van der Waals surface area contributed by atoms with Crippen molar-refractivity contribution in [3.8, 4) is 0 Å². The Morgan fingerprint density at radius 1 is 1.15 bits per heavy atom. The first-order valence-electron chi connectivity index (χ1n) is 6.74. The molecule has 1 aromatic carbocycles. The third-order valence-corrected chi connectivity index (χ3v) is 4.60. The van der Waals surface area contributed by atoms with E-state index in [0.29, 0.717) is 36.9 Å². The molecule has 0 aliphatic carbocycles. The summed E-state index contributed by atoms with van der Waals surface area (Å²) in [5.74, 6) is 0.103. The molecule has 20 heavy (non-hydrogen) atoms. The third kappa shape index (κ3) is 5.48. The van der Waals surface area contributed by atoms with Gasteiger partial charge in [-0.05, 0) is 18.6 Å². The molecule has 1 aromatic rings. The molecule has 0 bridgehead atoms. The van der Waals surface area contributed by atoms with E-state index >= 15 is 0 Å². The first-order chi connectivity index (χ1) is 9.61. The molecule has 0 fully saturated rings. The molecule has 1 N–H and O–H groups in total. The number of anilines is 1. The molecule has 0 aliphatic heterocycles. The first-order valence-corrected chi connectivity index (χ1v) is 8.39. The maximum absolute atomic E-state index is 12.0. The zero-order valence-electron chi connectivity index (χ0n) is 12.1. The predicted octanol–water partition coefficient (Wildman–Crippen LogP) is 1.95. The van der Waals surface area contributed by atoms with Gasteiger partial charge in [-0.1, -0.05) is 19.1 Å². The van der Waals surface area contributed by atoms with Gasteiger partial charge in [-0.25, -0.2) is 8.42 Å². The van der Waals surface area contributed by atoms with Crippen molar-refractivity contribution in [3.05, 3.63) is 24.3 Å². The van der Waals surface area contributed by atoms with Gasteiger partial charge >= 0.3 is 0 Å². The van der Waals surface area contributed by atoms with E-state index in [2.05, 4.69) is 5.32 Å². The predicted molar refractivity (Wildman–Crippen MR) is 80.0 cm³/mol. The number of hydrogen-bond donors (Lipinski definition) is 1. The van der Waals surface area contributed by atoms with E-state index in [4.69, 9.17) is 9.47 Å². The number of ether oxygens (including phenoxy) is 2. The van der Waals surface area contributed by atoms with Crippen LogP contribution in [0, 0.1) is 0 Å². The summed E-state index contributed by atoms with van der Waals surface area (Å²) in [4.78, 5) is 0.364. The van der Waals surface area contributed by atoms with Crippen LogP contribution in [0.15, 0.2) is 29.2 Å². The molecule has 1 rings (SSSR count). The van der Waals surface area contributed by atoms with Crippen molar-refractivity contribution in [2.24, 2.45) is 0 Å². The van der Waals surface area contributed by atoms with Crippen LogP contribution in [0.5, 0.6) is 0 Å². The molecule has 0 aliphatic rings. The number of sulfone groups is 1. The molecular weight excluding hydrogens is 278 g/mol. The van der Waals surface area contributed by atoms with E-state index in [1.807, 2.05) is 6.07 Å². The summed E-state index contributed by atoms with van der Waals surface area (Å²) in [6.45, 7) is 4.11. The SMILES string of the molecule is CCS(=O)(=O)c1ccccc1NCCCOCCOC. The molecule has 0 heterocycles. The van der Waals surface area contributed by atoms with Gasteiger partial charge in [0.1, 0.15) is 0 Å². The van der Waals surface area contributed by atoms with Gasteiger partial charge in [0, 0.05) is 20.3 Å². The summed E-state index contributed by atoms with van der Waals surface area (Å²) >= 11 is 0. The van der Waals surface area contributed by atoms with E-state index in [9.17, 15) is 8.42 Å². The smallest absolute Gasteiger partial charge is 0.180 e. The summed E-state index contributed by atoms with van der Waals surface area (Å²) < 4.78 is 34.1. The molecule has 114 valence electrons. The highest BCUT2D eigenvalue weighted by Crippen LogP contribution is 2.21. The Bertz CT molecular complexity index is 488. The van der Waals surface area contributed by atoms with Crippen molar-refractivity contribution in [2.75, 3.05) is 44.5 Å². The van der Waals surface area contributed by atoms with Gasteiger partial charge in [-0.3, -0.25) is 0 Å². The molecule has 0 saturated heterocycles. The fourth-order valence-corrected chi connectivity index (χ4v) is 2.75. The minimum absolute atomic E-state index is 0.103. The molecular formula is C14H23NO4S. The lowest BCUT2D eigenvalue weighted by Gasteiger charge is -2.11. The second-order valence-electron chi connectivity index (χ2n) is 4.29. The van der Waals surface area contributed by atoms with Crippen LogP contribution in [0.25, 0.3) is 0 Å². The average molecular weight is 301 g/mol. The Balaban J connectivity index is 2.45. The van der Waals surface area contributed by atoms with E-state index < -0.39 is 9.84 Å². The first kappa shape index (κ1) is 16.9. The average Bonchev–Trinajstić information content (AvgIpc) is 2.46. The van der Waals surface area contributed by atoms with Crippen LogP contribution in [0.2, 0.25) is 0 Å². The molecule has 0 saturated carbocycles. The lowest BCUT2D eigenvalue weighted by atomic mass is 10.3. The summed E-state index contributed by atoms with van der Waals surface area (Å²) in [6, 6.07) is 6.98. The Hall–Kier alpha value is -1.11. The number of rotatable bonds is 10. The molecule has 5 nitrogen and oxygen atoms in total. The summed E-state index contributed by atoms with van der Waals surface area (Å²) in [7, 11) is -1.56. The van der Waals surface area contributed by atoms with Crippen LogP contribution < -0.4 is 5.32 Å². The monoisotopic (exact) mass is 301 g/mol. The number of benzene rings is 1. The van der Waals surface area contributed by atoms with Crippen molar-refractivity contribution >= 4 is 15.5 Å². The van der Waals surface area contributed by atoms with Crippen LogP contribution in [0.4, 0.5) is 5.69 Å². The topological polar surface area (TPSA) is 64.6 Å². The Morgan fingerprint density at radius 3 is 2.60 bits per heavy atom. The van der Waals surface area contributed by atoms with Gasteiger partial charge in [0.2, 0.25) is 0 Å². The lowest BCUT2D eigenvalue weighted by Crippen LogP contribution is -2.12. The third-order valence-electron chi connectivity index (χ3n) is 2.81. The van der Waals surface area contributed by atoms with E-state index in [1.165, 1.54) is 0 Å². The van der Waals surface area contributed by atoms with Gasteiger partial charge in [0.15, 0.2) is 9.84 Å². The highest BCUT2D eigenvalue weighted by Gasteiger charge is 2.15.